The molecule has 0 aliphatic rings. The van der Waals surface area contributed by atoms with Crippen molar-refractivity contribution >= 4 is 19.8 Å². The number of hydrogen-bond donors (Lipinski definition) is 0. The van der Waals surface area contributed by atoms with E-state index in [1.54, 1.807) is 12.1 Å². The van der Waals surface area contributed by atoms with E-state index in [9.17, 15) is 9.70 Å². The summed E-state index contributed by atoms with van der Waals surface area (Å²) < 4.78 is 0. The Morgan fingerprint density at radius 1 is 1.50 bits per heavy atom. The van der Waals surface area contributed by atoms with E-state index < -0.39 is 0 Å². The number of rotatable bonds is 3. The standard InChI is InChI=1S/C8H6BNO2/c9-4-6-2-1-3-8(10-12)7(6)5-11/h1-3,5H,4H2. The van der Waals surface area contributed by atoms with Crippen LogP contribution >= 0.6 is 0 Å². The summed E-state index contributed by atoms with van der Waals surface area (Å²) in [5, 5.41) is 2.71. The number of hydrogen-bond acceptors (Lipinski definition) is 3. The largest absolute Gasteiger partial charge is 0.298 e. The third-order valence-corrected chi connectivity index (χ3v) is 1.61. The zero-order chi connectivity index (χ0) is 8.97. The highest BCUT2D eigenvalue weighted by molar-refractivity contribution is 6.09. The van der Waals surface area contributed by atoms with Crippen LogP contribution in [0.15, 0.2) is 23.4 Å². The van der Waals surface area contributed by atoms with Gasteiger partial charge in [0, 0.05) is 5.56 Å². The molecule has 0 aliphatic heterocycles. The average molecular weight is 159 g/mol. The van der Waals surface area contributed by atoms with E-state index in [4.69, 9.17) is 7.85 Å². The molecule has 0 saturated heterocycles. The van der Waals surface area contributed by atoms with E-state index in [0.29, 0.717) is 11.8 Å². The van der Waals surface area contributed by atoms with Crippen LogP contribution in [-0.2, 0) is 6.32 Å². The Morgan fingerprint density at radius 3 is 2.75 bits per heavy atom. The Bertz CT molecular complexity index is 312. The molecular weight excluding hydrogens is 153 g/mol. The fourth-order valence-electron chi connectivity index (χ4n) is 0.993. The molecule has 0 bridgehead atoms. The van der Waals surface area contributed by atoms with Gasteiger partial charge in [-0.2, -0.15) is 0 Å². The summed E-state index contributed by atoms with van der Waals surface area (Å²) in [6.45, 7) is 0. The first kappa shape index (κ1) is 8.65. The van der Waals surface area contributed by atoms with Crippen LogP contribution in [0.25, 0.3) is 0 Å². The molecule has 0 heterocycles. The lowest BCUT2D eigenvalue weighted by atomic mass is 9.93. The fourth-order valence-corrected chi connectivity index (χ4v) is 0.993. The Balaban J connectivity index is 3.31. The second-order valence-electron chi connectivity index (χ2n) is 2.26. The molecule has 2 radical (unpaired) electrons. The van der Waals surface area contributed by atoms with Gasteiger partial charge in [-0.05, 0) is 16.8 Å². The van der Waals surface area contributed by atoms with Crippen molar-refractivity contribution in [1.82, 2.24) is 0 Å². The van der Waals surface area contributed by atoms with Gasteiger partial charge in [-0.1, -0.05) is 18.5 Å². The van der Waals surface area contributed by atoms with Crippen molar-refractivity contribution in [1.29, 1.82) is 0 Å². The zero-order valence-electron chi connectivity index (χ0n) is 6.36. The Kier molecular flexibility index (Phi) is 2.74. The topological polar surface area (TPSA) is 46.5 Å². The van der Waals surface area contributed by atoms with Gasteiger partial charge in [0.1, 0.15) is 5.69 Å². The maximum Gasteiger partial charge on any atom is 0.152 e. The molecule has 1 rings (SSSR count). The van der Waals surface area contributed by atoms with Crippen LogP contribution in [0.2, 0.25) is 0 Å². The SMILES string of the molecule is [B]Cc1cccc(N=O)c1C=O. The van der Waals surface area contributed by atoms with Crippen molar-refractivity contribution in [3.8, 4) is 0 Å². The molecule has 0 amide bonds. The van der Waals surface area contributed by atoms with Gasteiger partial charge in [-0.25, -0.2) is 0 Å². The Labute approximate surface area is 71.2 Å². The summed E-state index contributed by atoms with van der Waals surface area (Å²) in [5.74, 6) is 0. The molecule has 0 unspecified atom stereocenters. The van der Waals surface area contributed by atoms with Crippen LogP contribution in [0, 0.1) is 4.91 Å². The van der Waals surface area contributed by atoms with E-state index in [0.717, 1.165) is 0 Å². The van der Waals surface area contributed by atoms with Crippen LogP contribution in [0.4, 0.5) is 5.69 Å². The molecule has 0 atom stereocenters. The van der Waals surface area contributed by atoms with Crippen molar-refractivity contribution < 1.29 is 4.79 Å². The lowest BCUT2D eigenvalue weighted by molar-refractivity contribution is 0.112. The van der Waals surface area contributed by atoms with Crippen molar-refractivity contribution in [2.24, 2.45) is 5.18 Å². The molecule has 1 aromatic rings. The van der Waals surface area contributed by atoms with Gasteiger partial charge in [0.05, 0.1) is 7.85 Å². The summed E-state index contributed by atoms with van der Waals surface area (Å²) >= 11 is 0. The van der Waals surface area contributed by atoms with Gasteiger partial charge in [-0.15, -0.1) is 4.91 Å². The number of benzene rings is 1. The summed E-state index contributed by atoms with van der Waals surface area (Å²) in [5.41, 5.74) is 1.07. The first-order chi connectivity index (χ1) is 5.83. The number of carbonyl (C=O) groups is 1. The van der Waals surface area contributed by atoms with E-state index >= 15 is 0 Å². The molecule has 58 valence electrons. The summed E-state index contributed by atoms with van der Waals surface area (Å²) in [6.07, 6.45) is 0.830. The van der Waals surface area contributed by atoms with Gasteiger partial charge < -0.3 is 0 Å². The minimum absolute atomic E-state index is 0.146. The maximum absolute atomic E-state index is 10.5. The summed E-state index contributed by atoms with van der Waals surface area (Å²) in [6, 6.07) is 4.82. The van der Waals surface area contributed by atoms with Gasteiger partial charge in [0.15, 0.2) is 6.29 Å². The zero-order valence-corrected chi connectivity index (χ0v) is 6.36. The van der Waals surface area contributed by atoms with E-state index in [1.807, 2.05) is 0 Å². The van der Waals surface area contributed by atoms with Gasteiger partial charge in [0.25, 0.3) is 0 Å². The number of aldehydes is 1. The first-order valence-electron chi connectivity index (χ1n) is 3.44. The van der Waals surface area contributed by atoms with Crippen molar-refractivity contribution in [3.05, 3.63) is 34.2 Å². The van der Waals surface area contributed by atoms with Crippen molar-refractivity contribution in [3.63, 3.8) is 0 Å². The quantitative estimate of drug-likeness (QED) is 0.381. The molecule has 0 spiro atoms. The van der Waals surface area contributed by atoms with Crippen LogP contribution < -0.4 is 0 Å². The van der Waals surface area contributed by atoms with Crippen molar-refractivity contribution in [2.45, 2.75) is 6.32 Å². The van der Waals surface area contributed by atoms with Crippen LogP contribution in [0.5, 0.6) is 0 Å². The van der Waals surface area contributed by atoms with Crippen LogP contribution in [0.3, 0.4) is 0 Å². The molecular formula is C8H6BNO2. The second-order valence-corrected chi connectivity index (χ2v) is 2.26. The second kappa shape index (κ2) is 3.81. The van der Waals surface area contributed by atoms with Gasteiger partial charge >= 0.3 is 0 Å². The Morgan fingerprint density at radius 2 is 2.25 bits per heavy atom. The summed E-state index contributed by atoms with van der Waals surface area (Å²) in [7, 11) is 5.35. The van der Waals surface area contributed by atoms with Crippen LogP contribution in [-0.4, -0.2) is 14.1 Å². The van der Waals surface area contributed by atoms with Gasteiger partial charge in [-0.3, -0.25) is 4.79 Å². The minimum atomic E-state index is 0.146. The normalized spacial score (nSPS) is 9.33. The van der Waals surface area contributed by atoms with E-state index in [1.165, 1.54) is 6.07 Å². The highest BCUT2D eigenvalue weighted by Crippen LogP contribution is 2.20. The predicted octanol–water partition coefficient (Wildman–Crippen LogP) is 1.57. The lowest BCUT2D eigenvalue weighted by Gasteiger charge is -2.01. The monoisotopic (exact) mass is 159 g/mol. The maximum atomic E-state index is 10.5. The highest BCUT2D eigenvalue weighted by Gasteiger charge is 2.05. The molecule has 1 aromatic carbocycles. The number of carbonyl (C=O) groups excluding carboxylic acids is 1. The number of nitroso groups, excluding NO2 is 1. The predicted molar refractivity (Wildman–Crippen MR) is 46.7 cm³/mol. The van der Waals surface area contributed by atoms with Gasteiger partial charge in [0.2, 0.25) is 0 Å². The van der Waals surface area contributed by atoms with Crippen LogP contribution in [0.1, 0.15) is 15.9 Å². The highest BCUT2D eigenvalue weighted by atomic mass is 16.3. The molecule has 12 heavy (non-hydrogen) atoms. The molecule has 3 nitrogen and oxygen atoms in total. The molecule has 4 heteroatoms. The third kappa shape index (κ3) is 1.42. The molecule has 0 saturated carbocycles. The molecule has 0 fully saturated rings. The van der Waals surface area contributed by atoms with Crippen molar-refractivity contribution in [2.75, 3.05) is 0 Å². The van der Waals surface area contributed by atoms with E-state index in [-0.39, 0.29) is 17.6 Å². The molecule has 0 aliphatic carbocycles. The average Bonchev–Trinajstić information content (AvgIpc) is 2.16. The minimum Gasteiger partial charge on any atom is -0.298 e. The lowest BCUT2D eigenvalue weighted by Crippen LogP contribution is -1.92. The summed E-state index contributed by atoms with van der Waals surface area (Å²) in [4.78, 5) is 20.7. The molecule has 0 aromatic heterocycles. The first-order valence-corrected chi connectivity index (χ1v) is 3.44. The Hall–Kier alpha value is -1.45. The van der Waals surface area contributed by atoms with E-state index in [2.05, 4.69) is 5.18 Å². The number of nitrogens with zero attached hydrogens (tertiary/aromatic N) is 1. The molecule has 0 N–H and O–H groups in total. The fraction of sp³-hybridized carbons (Fsp3) is 0.125. The third-order valence-electron chi connectivity index (χ3n) is 1.61. The smallest absolute Gasteiger partial charge is 0.152 e.